The van der Waals surface area contributed by atoms with Gasteiger partial charge in [-0.1, -0.05) is 35.3 Å². The molecule has 0 unspecified atom stereocenters. The summed E-state index contributed by atoms with van der Waals surface area (Å²) < 4.78 is 1.94. The first kappa shape index (κ1) is 23.9. The molecule has 0 amide bonds. The zero-order valence-electron chi connectivity index (χ0n) is 16.4. The lowest BCUT2D eigenvalue weighted by Crippen LogP contribution is -2.38. The van der Waals surface area contributed by atoms with Crippen LogP contribution in [0.15, 0.2) is 40.7 Å². The predicted molar refractivity (Wildman–Crippen MR) is 131 cm³/mol. The van der Waals surface area contributed by atoms with Gasteiger partial charge < -0.3 is 14.8 Å². The average molecular weight is 565 g/mol. The molecule has 0 saturated carbocycles. The van der Waals surface area contributed by atoms with Gasteiger partial charge in [-0.3, -0.25) is 0 Å². The summed E-state index contributed by atoms with van der Waals surface area (Å²) in [5.41, 5.74) is 1.05. The summed E-state index contributed by atoms with van der Waals surface area (Å²) in [5, 5.41) is 14.9. The Morgan fingerprint density at radius 3 is 2.66 bits per heavy atom. The maximum atomic E-state index is 6.15. The molecule has 0 aliphatic heterocycles. The van der Waals surface area contributed by atoms with Gasteiger partial charge in [0.2, 0.25) is 0 Å². The minimum absolute atomic E-state index is 0. The minimum atomic E-state index is 0. The van der Waals surface area contributed by atoms with Crippen LogP contribution in [0.5, 0.6) is 0 Å². The zero-order valence-corrected chi connectivity index (χ0v) is 21.1. The lowest BCUT2D eigenvalue weighted by molar-refractivity contribution is 0.474. The predicted octanol–water partition coefficient (Wildman–Crippen LogP) is 4.89. The number of aliphatic imine (C=N–C) groups is 1. The highest BCUT2D eigenvalue weighted by Crippen LogP contribution is 2.23. The number of hydrogen-bond donors (Lipinski definition) is 1. The highest BCUT2D eigenvalue weighted by atomic mass is 127. The molecule has 0 aliphatic rings. The molecule has 1 N–H and O–H groups in total. The molecule has 29 heavy (non-hydrogen) atoms. The van der Waals surface area contributed by atoms with Crippen LogP contribution in [0, 0.1) is 6.92 Å². The van der Waals surface area contributed by atoms with Crippen molar-refractivity contribution in [1.82, 2.24) is 25.0 Å². The Morgan fingerprint density at radius 2 is 2.03 bits per heavy atom. The molecule has 0 spiro atoms. The van der Waals surface area contributed by atoms with Crippen molar-refractivity contribution < 1.29 is 0 Å². The van der Waals surface area contributed by atoms with Gasteiger partial charge in [-0.15, -0.1) is 45.5 Å². The van der Waals surface area contributed by atoms with Gasteiger partial charge in [-0.25, -0.2) is 4.99 Å². The van der Waals surface area contributed by atoms with Crippen molar-refractivity contribution in [2.24, 2.45) is 12.0 Å². The third-order valence-electron chi connectivity index (χ3n) is 4.32. The molecule has 0 bridgehead atoms. The lowest BCUT2D eigenvalue weighted by Gasteiger charge is -2.22. The van der Waals surface area contributed by atoms with Crippen LogP contribution in [0.25, 0.3) is 0 Å². The van der Waals surface area contributed by atoms with Crippen molar-refractivity contribution in [3.05, 3.63) is 67.8 Å². The second-order valence-electron chi connectivity index (χ2n) is 6.40. The monoisotopic (exact) mass is 564 g/mol. The van der Waals surface area contributed by atoms with Gasteiger partial charge in [0.05, 0.1) is 16.6 Å². The van der Waals surface area contributed by atoms with Crippen molar-refractivity contribution in [3.63, 3.8) is 0 Å². The van der Waals surface area contributed by atoms with E-state index in [0.717, 1.165) is 23.2 Å². The summed E-state index contributed by atoms with van der Waals surface area (Å²) in [5.74, 6) is 2.46. The first-order valence-electron chi connectivity index (χ1n) is 8.74. The maximum absolute atomic E-state index is 6.15. The number of hydrogen-bond acceptors (Lipinski definition) is 4. The van der Waals surface area contributed by atoms with Gasteiger partial charge in [-0.05, 0) is 36.1 Å². The highest BCUT2D eigenvalue weighted by molar-refractivity contribution is 14.0. The SMILES string of the molecule is Cc1nnc(CN=C(NCc2cccs2)N(C)Cc2ccc(Cl)c(Cl)c2)n1C.I. The van der Waals surface area contributed by atoms with E-state index in [1.54, 1.807) is 11.3 Å². The van der Waals surface area contributed by atoms with Gasteiger partial charge in [0.15, 0.2) is 11.8 Å². The Balaban J connectivity index is 0.00000300. The molecule has 0 atom stereocenters. The standard InChI is InChI=1S/C19H22Cl2N6S.HI/c1-13-24-25-18(27(13)3)11-23-19(22-10-15-5-4-8-28-15)26(2)12-14-6-7-16(20)17(21)9-14;/h4-9H,10-12H2,1-3H3,(H,22,23);1H. The van der Waals surface area contributed by atoms with E-state index in [2.05, 4.69) is 31.9 Å². The fourth-order valence-electron chi connectivity index (χ4n) is 2.61. The average Bonchev–Trinajstić information content (AvgIpc) is 3.29. The fraction of sp³-hybridized carbons (Fsp3) is 0.316. The van der Waals surface area contributed by atoms with Crippen LogP contribution < -0.4 is 5.32 Å². The first-order chi connectivity index (χ1) is 13.4. The van der Waals surface area contributed by atoms with Crippen molar-refractivity contribution in [3.8, 4) is 0 Å². The van der Waals surface area contributed by atoms with Crippen LogP contribution >= 0.6 is 58.5 Å². The summed E-state index contributed by atoms with van der Waals surface area (Å²) in [4.78, 5) is 8.05. The van der Waals surface area contributed by atoms with E-state index in [1.165, 1.54) is 4.88 Å². The van der Waals surface area contributed by atoms with Gasteiger partial charge >= 0.3 is 0 Å². The Labute approximate surface area is 202 Å². The molecular weight excluding hydrogens is 542 g/mol. The van der Waals surface area contributed by atoms with Gasteiger partial charge in [0.25, 0.3) is 0 Å². The third-order valence-corrected chi connectivity index (χ3v) is 5.93. The number of guanidine groups is 1. The number of aryl methyl sites for hydroxylation is 1. The van der Waals surface area contributed by atoms with Gasteiger partial charge in [0, 0.05) is 25.5 Å². The Morgan fingerprint density at radius 1 is 1.24 bits per heavy atom. The van der Waals surface area contributed by atoms with E-state index in [9.17, 15) is 0 Å². The summed E-state index contributed by atoms with van der Waals surface area (Å²) in [6.07, 6.45) is 0. The smallest absolute Gasteiger partial charge is 0.194 e. The Bertz CT molecular complexity index is 958. The highest BCUT2D eigenvalue weighted by Gasteiger charge is 2.11. The number of rotatable bonds is 6. The molecule has 2 aromatic heterocycles. The van der Waals surface area contributed by atoms with E-state index in [4.69, 9.17) is 28.2 Å². The third kappa shape index (κ3) is 6.56. The number of aromatic nitrogens is 3. The van der Waals surface area contributed by atoms with Crippen LogP contribution in [-0.2, 0) is 26.7 Å². The van der Waals surface area contributed by atoms with E-state index >= 15 is 0 Å². The summed E-state index contributed by atoms with van der Waals surface area (Å²) in [6, 6.07) is 9.79. The van der Waals surface area contributed by atoms with Crippen LogP contribution in [0.2, 0.25) is 10.0 Å². The molecule has 0 saturated heterocycles. The minimum Gasteiger partial charge on any atom is -0.351 e. The van der Waals surface area contributed by atoms with Crippen molar-refractivity contribution >= 4 is 64.5 Å². The zero-order chi connectivity index (χ0) is 20.1. The van der Waals surface area contributed by atoms with Crippen LogP contribution in [0.1, 0.15) is 22.1 Å². The Hall–Kier alpha value is -1.36. The largest absolute Gasteiger partial charge is 0.351 e. The Kier molecular flexibility index (Phi) is 9.19. The number of thiophene rings is 1. The fourth-order valence-corrected chi connectivity index (χ4v) is 3.58. The molecule has 0 aliphatic carbocycles. The number of nitrogens with zero attached hydrogens (tertiary/aromatic N) is 5. The molecule has 156 valence electrons. The van der Waals surface area contributed by atoms with E-state index in [0.29, 0.717) is 29.7 Å². The molecule has 10 heteroatoms. The first-order valence-corrected chi connectivity index (χ1v) is 10.4. The van der Waals surface area contributed by atoms with Gasteiger partial charge in [-0.2, -0.15) is 0 Å². The van der Waals surface area contributed by atoms with Crippen molar-refractivity contribution in [2.75, 3.05) is 7.05 Å². The second-order valence-corrected chi connectivity index (χ2v) is 8.25. The van der Waals surface area contributed by atoms with E-state index in [-0.39, 0.29) is 24.0 Å². The van der Waals surface area contributed by atoms with Crippen LogP contribution in [0.4, 0.5) is 0 Å². The lowest BCUT2D eigenvalue weighted by atomic mass is 10.2. The molecule has 3 rings (SSSR count). The molecular formula is C19H23Cl2IN6S. The second kappa shape index (κ2) is 11.1. The molecule has 0 fully saturated rings. The number of benzene rings is 1. The van der Waals surface area contributed by atoms with E-state index in [1.807, 2.05) is 49.9 Å². The summed E-state index contributed by atoms with van der Waals surface area (Å²) >= 11 is 13.9. The maximum Gasteiger partial charge on any atom is 0.194 e. The van der Waals surface area contributed by atoms with Crippen molar-refractivity contribution in [2.45, 2.75) is 26.6 Å². The normalized spacial score (nSPS) is 11.3. The van der Waals surface area contributed by atoms with E-state index < -0.39 is 0 Å². The molecule has 6 nitrogen and oxygen atoms in total. The molecule has 1 aromatic carbocycles. The number of halogens is 3. The molecule has 2 heterocycles. The van der Waals surface area contributed by atoms with Crippen LogP contribution in [0.3, 0.4) is 0 Å². The van der Waals surface area contributed by atoms with Crippen LogP contribution in [-0.4, -0.2) is 32.7 Å². The van der Waals surface area contributed by atoms with Gasteiger partial charge in [0.1, 0.15) is 12.4 Å². The topological polar surface area (TPSA) is 58.3 Å². The quantitative estimate of drug-likeness (QED) is 0.263. The summed E-state index contributed by atoms with van der Waals surface area (Å²) in [7, 11) is 3.93. The molecule has 3 aromatic rings. The van der Waals surface area contributed by atoms with Crippen molar-refractivity contribution in [1.29, 1.82) is 0 Å². The number of nitrogens with one attached hydrogen (secondary N) is 1. The summed E-state index contributed by atoms with van der Waals surface area (Å²) in [6.45, 7) is 3.72. The molecule has 0 radical (unpaired) electrons.